The van der Waals surface area contributed by atoms with Gasteiger partial charge in [-0.05, 0) is 43.8 Å². The summed E-state index contributed by atoms with van der Waals surface area (Å²) in [5.74, 6) is -0.351. The Hall–Kier alpha value is -1.18. The summed E-state index contributed by atoms with van der Waals surface area (Å²) < 4.78 is 30.0. The number of hydrogen-bond acceptors (Lipinski definition) is 0. The van der Waals surface area contributed by atoms with Crippen LogP contribution in [0, 0.1) is 11.3 Å². The van der Waals surface area contributed by atoms with E-state index in [2.05, 4.69) is 32.1 Å². The average Bonchev–Trinajstić information content (AvgIpc) is 2.73. The van der Waals surface area contributed by atoms with Crippen LogP contribution < -0.4 is 0 Å². The predicted molar refractivity (Wildman–Crippen MR) is 122 cm³/mol. The molecular weight excluding hydrogens is 362 g/mol. The van der Waals surface area contributed by atoms with Crippen LogP contribution in [0.25, 0.3) is 0 Å². The molecule has 0 aromatic rings. The molecule has 0 aromatic heterocycles. The molecular formula is C27H42F2. The molecule has 2 heteroatoms. The van der Waals surface area contributed by atoms with E-state index in [1.54, 1.807) is 6.08 Å². The van der Waals surface area contributed by atoms with Crippen molar-refractivity contribution in [2.24, 2.45) is 11.3 Å². The molecule has 164 valence electrons. The van der Waals surface area contributed by atoms with E-state index in [-0.39, 0.29) is 11.7 Å². The fourth-order valence-electron chi connectivity index (χ4n) is 4.88. The maximum Gasteiger partial charge on any atom is 0.131 e. The van der Waals surface area contributed by atoms with Gasteiger partial charge in [-0.15, -0.1) is 0 Å². The number of hydrogen-bond donors (Lipinski definition) is 0. The molecule has 0 heterocycles. The van der Waals surface area contributed by atoms with Gasteiger partial charge in [0.1, 0.15) is 12.0 Å². The largest absolute Gasteiger partial charge is 0.242 e. The Morgan fingerprint density at radius 3 is 2.17 bits per heavy atom. The van der Waals surface area contributed by atoms with E-state index in [9.17, 15) is 4.39 Å². The summed E-state index contributed by atoms with van der Waals surface area (Å²) in [5.41, 5.74) is 0.350. The number of halogens is 2. The highest BCUT2D eigenvalue weighted by Crippen LogP contribution is 2.51. The zero-order valence-corrected chi connectivity index (χ0v) is 18.8. The zero-order chi connectivity index (χ0) is 21.0. The molecule has 0 N–H and O–H groups in total. The van der Waals surface area contributed by atoms with E-state index in [4.69, 9.17) is 0 Å². The number of unbranched alkanes of at least 4 members (excludes halogenated alkanes) is 9. The van der Waals surface area contributed by atoms with Gasteiger partial charge in [0.05, 0.1) is 5.41 Å². The Kier molecular flexibility index (Phi) is 11.0. The third-order valence-corrected chi connectivity index (χ3v) is 6.81. The summed E-state index contributed by atoms with van der Waals surface area (Å²) >= 11 is 0. The summed E-state index contributed by atoms with van der Waals surface area (Å²) in [6.45, 7) is 4.39. The van der Waals surface area contributed by atoms with Crippen molar-refractivity contribution < 1.29 is 8.78 Å². The van der Waals surface area contributed by atoms with E-state index in [1.165, 1.54) is 69.1 Å². The van der Waals surface area contributed by atoms with Crippen molar-refractivity contribution in [1.29, 1.82) is 0 Å². The minimum Gasteiger partial charge on any atom is -0.242 e. The van der Waals surface area contributed by atoms with Crippen LogP contribution in [-0.4, -0.2) is 6.17 Å². The molecule has 3 atom stereocenters. The molecule has 0 saturated carbocycles. The lowest BCUT2D eigenvalue weighted by Crippen LogP contribution is -2.40. The van der Waals surface area contributed by atoms with Crippen molar-refractivity contribution in [1.82, 2.24) is 0 Å². The molecule has 0 bridgehead atoms. The summed E-state index contributed by atoms with van der Waals surface area (Å²) in [6.07, 6.45) is 25.8. The number of rotatable bonds is 14. The van der Waals surface area contributed by atoms with Gasteiger partial charge in [-0.2, -0.15) is 0 Å². The van der Waals surface area contributed by atoms with Crippen LogP contribution in [0.5, 0.6) is 0 Å². The molecule has 0 spiro atoms. The second-order valence-electron chi connectivity index (χ2n) is 9.00. The van der Waals surface area contributed by atoms with Crippen LogP contribution in [0.3, 0.4) is 0 Å². The van der Waals surface area contributed by atoms with Gasteiger partial charge in [-0.3, -0.25) is 0 Å². The highest BCUT2D eigenvalue weighted by Gasteiger charge is 2.48. The van der Waals surface area contributed by atoms with Crippen LogP contribution in [0.4, 0.5) is 8.78 Å². The molecule has 0 aliphatic heterocycles. The topological polar surface area (TPSA) is 0 Å². The Bertz CT molecular complexity index is 583. The van der Waals surface area contributed by atoms with E-state index < -0.39 is 11.6 Å². The lowest BCUT2D eigenvalue weighted by Gasteiger charge is -2.42. The summed E-state index contributed by atoms with van der Waals surface area (Å²) in [5, 5.41) is 0. The first-order valence-electron chi connectivity index (χ1n) is 12.2. The van der Waals surface area contributed by atoms with E-state index in [0.29, 0.717) is 6.42 Å². The van der Waals surface area contributed by atoms with Crippen molar-refractivity contribution >= 4 is 0 Å². The SMILES string of the molecule is CCCCCCCCCCC1=CCC(C2(CCCCC)C(F)=CC=CC2F)C=C1. The first-order valence-corrected chi connectivity index (χ1v) is 12.2. The highest BCUT2D eigenvalue weighted by molar-refractivity contribution is 5.33. The Morgan fingerprint density at radius 1 is 0.897 bits per heavy atom. The monoisotopic (exact) mass is 404 g/mol. The van der Waals surface area contributed by atoms with Crippen LogP contribution in [-0.2, 0) is 0 Å². The lowest BCUT2D eigenvalue weighted by molar-refractivity contribution is 0.0862. The van der Waals surface area contributed by atoms with Crippen LogP contribution >= 0.6 is 0 Å². The van der Waals surface area contributed by atoms with E-state index in [0.717, 1.165) is 32.1 Å². The molecule has 3 unspecified atom stereocenters. The first kappa shape index (κ1) is 24.1. The first-order chi connectivity index (χ1) is 14.1. The second kappa shape index (κ2) is 13.2. The standard InChI is InChI=1S/C27H42F2/c1-3-5-7-8-9-10-11-12-15-23-18-20-24(21-19-23)27(22-13-6-4-2)25(28)16-14-17-26(27)29/h14,16-20,24-25H,3-13,15,21-22H2,1-2H3. The summed E-state index contributed by atoms with van der Waals surface area (Å²) in [4.78, 5) is 0. The number of allylic oxidation sites excluding steroid dienone is 8. The van der Waals surface area contributed by atoms with Gasteiger partial charge >= 0.3 is 0 Å². The lowest BCUT2D eigenvalue weighted by atomic mass is 9.63. The van der Waals surface area contributed by atoms with Crippen LogP contribution in [0.1, 0.15) is 104 Å². The molecule has 2 aliphatic carbocycles. The Morgan fingerprint density at radius 2 is 1.55 bits per heavy atom. The molecule has 0 fully saturated rings. The minimum absolute atomic E-state index is 0.0853. The number of alkyl halides is 1. The van der Waals surface area contributed by atoms with Crippen molar-refractivity contribution in [3.05, 3.63) is 47.9 Å². The van der Waals surface area contributed by atoms with E-state index in [1.807, 2.05) is 0 Å². The third kappa shape index (κ3) is 6.93. The molecule has 0 saturated heterocycles. The smallest absolute Gasteiger partial charge is 0.131 e. The fraction of sp³-hybridized carbons (Fsp3) is 0.704. The van der Waals surface area contributed by atoms with Crippen molar-refractivity contribution in [2.75, 3.05) is 0 Å². The molecule has 0 aromatic carbocycles. The summed E-state index contributed by atoms with van der Waals surface area (Å²) in [6, 6.07) is 0. The molecule has 0 amide bonds. The molecule has 2 aliphatic rings. The van der Waals surface area contributed by atoms with Gasteiger partial charge in [0.15, 0.2) is 0 Å². The normalized spacial score (nSPS) is 26.5. The van der Waals surface area contributed by atoms with E-state index >= 15 is 4.39 Å². The molecule has 29 heavy (non-hydrogen) atoms. The van der Waals surface area contributed by atoms with Crippen molar-refractivity contribution in [3.8, 4) is 0 Å². The maximum atomic E-state index is 15.0. The van der Waals surface area contributed by atoms with Crippen molar-refractivity contribution in [3.63, 3.8) is 0 Å². The average molecular weight is 405 g/mol. The van der Waals surface area contributed by atoms with Gasteiger partial charge in [-0.25, -0.2) is 8.78 Å². The van der Waals surface area contributed by atoms with Gasteiger partial charge in [0.2, 0.25) is 0 Å². The fourth-order valence-corrected chi connectivity index (χ4v) is 4.88. The Balaban J connectivity index is 1.83. The Labute approximate surface area is 178 Å². The zero-order valence-electron chi connectivity index (χ0n) is 18.8. The highest BCUT2D eigenvalue weighted by atomic mass is 19.1. The van der Waals surface area contributed by atoms with Gasteiger partial charge in [-0.1, -0.05) is 108 Å². The quantitative estimate of drug-likeness (QED) is 0.253. The van der Waals surface area contributed by atoms with Crippen LogP contribution in [0.2, 0.25) is 0 Å². The maximum absolute atomic E-state index is 15.0. The third-order valence-electron chi connectivity index (χ3n) is 6.81. The molecule has 0 nitrogen and oxygen atoms in total. The van der Waals surface area contributed by atoms with Crippen molar-refractivity contribution in [2.45, 2.75) is 110 Å². The van der Waals surface area contributed by atoms with Gasteiger partial charge in [0, 0.05) is 0 Å². The second-order valence-corrected chi connectivity index (χ2v) is 9.00. The van der Waals surface area contributed by atoms with Gasteiger partial charge < -0.3 is 0 Å². The van der Waals surface area contributed by atoms with Gasteiger partial charge in [0.25, 0.3) is 0 Å². The predicted octanol–water partition coefficient (Wildman–Crippen LogP) is 9.35. The summed E-state index contributed by atoms with van der Waals surface area (Å²) in [7, 11) is 0. The molecule has 2 rings (SSSR count). The molecule has 0 radical (unpaired) electrons. The minimum atomic E-state index is -1.23. The van der Waals surface area contributed by atoms with Crippen LogP contribution in [0.15, 0.2) is 47.9 Å².